The van der Waals surface area contributed by atoms with E-state index in [4.69, 9.17) is 10.6 Å². The molecule has 4 rings (SSSR count). The first-order valence-electron chi connectivity index (χ1n) is 11.5. The van der Waals surface area contributed by atoms with Gasteiger partial charge in [0, 0.05) is 0 Å². The molecule has 32 heavy (non-hydrogen) atoms. The van der Waals surface area contributed by atoms with Gasteiger partial charge in [0.25, 0.3) is 0 Å². The molecule has 166 valence electrons. The Morgan fingerprint density at radius 2 is 0.875 bits per heavy atom. The summed E-state index contributed by atoms with van der Waals surface area (Å²) in [5.41, 5.74) is 4.72. The van der Waals surface area contributed by atoms with Crippen LogP contribution in [-0.4, -0.2) is 13.1 Å². The Morgan fingerprint density at radius 1 is 0.500 bits per heavy atom. The zero-order valence-corrected chi connectivity index (χ0v) is 20.2. The van der Waals surface area contributed by atoms with E-state index in [1.807, 2.05) is 0 Å². The van der Waals surface area contributed by atoms with Crippen molar-refractivity contribution in [2.45, 2.75) is 41.5 Å². The van der Waals surface area contributed by atoms with Gasteiger partial charge in [0.05, 0.1) is 0 Å². The molecule has 0 unspecified atom stereocenters. The Balaban J connectivity index is 2.00. The molecule has 0 bridgehead atoms. The van der Waals surface area contributed by atoms with Crippen LogP contribution in [-0.2, 0) is 0 Å². The van der Waals surface area contributed by atoms with Crippen LogP contribution in [0.1, 0.15) is 41.5 Å². The topological polar surface area (TPSA) is 28.2 Å². The van der Waals surface area contributed by atoms with Gasteiger partial charge in [-0.2, -0.15) is 0 Å². The van der Waals surface area contributed by atoms with Crippen molar-refractivity contribution in [3.8, 4) is 11.1 Å². The Hall–Kier alpha value is -3.00. The second-order valence-corrected chi connectivity index (χ2v) is 11.1. The molecule has 0 saturated carbocycles. The lowest BCUT2D eigenvalue weighted by molar-refractivity contribution is 0.451. The summed E-state index contributed by atoms with van der Waals surface area (Å²) in [6.45, 7) is 15.0. The average molecular weight is 423 g/mol. The summed E-state index contributed by atoms with van der Waals surface area (Å²) in [7, 11) is 0. The molecule has 0 spiro atoms. The number of nitrogens with zero attached hydrogens (tertiary/aromatic N) is 2. The van der Waals surface area contributed by atoms with Crippen LogP contribution in [0.2, 0.25) is 0 Å². The molecule has 2 heteroatoms. The van der Waals surface area contributed by atoms with E-state index in [1.54, 1.807) is 0 Å². The van der Waals surface area contributed by atoms with E-state index in [-0.39, 0.29) is 10.8 Å². The predicted molar refractivity (Wildman–Crippen MR) is 142 cm³/mol. The highest BCUT2D eigenvalue weighted by Gasteiger charge is 2.13. The van der Waals surface area contributed by atoms with Crippen LogP contribution in [0, 0.1) is 10.8 Å². The molecular formula is C30H34N2-2. The second-order valence-electron chi connectivity index (χ2n) is 11.1. The van der Waals surface area contributed by atoms with Gasteiger partial charge < -0.3 is 10.6 Å². The fourth-order valence-electron chi connectivity index (χ4n) is 3.95. The minimum Gasteiger partial charge on any atom is -0.683 e. The first-order chi connectivity index (χ1) is 15.1. The number of fused-ring (bicyclic) bond motifs is 2. The second kappa shape index (κ2) is 8.50. The summed E-state index contributed by atoms with van der Waals surface area (Å²) in [5, 5.41) is 15.2. The highest BCUT2D eigenvalue weighted by molar-refractivity contribution is 6.14. The minimum atomic E-state index is 0.126. The number of hydrogen-bond acceptors (Lipinski definition) is 0. The zero-order chi connectivity index (χ0) is 22.9. The molecule has 0 aromatic heterocycles. The fraction of sp³-hybridized carbons (Fsp3) is 0.333. The van der Waals surface area contributed by atoms with Gasteiger partial charge in [0.2, 0.25) is 0 Å². The van der Waals surface area contributed by atoms with Crippen molar-refractivity contribution in [1.82, 2.24) is 0 Å². The molecule has 4 aromatic rings. The number of rotatable bonds is 5. The maximum atomic E-state index is 5.12. The van der Waals surface area contributed by atoms with E-state index in [9.17, 15) is 0 Å². The summed E-state index contributed by atoms with van der Waals surface area (Å²) in [6, 6.07) is 26.0. The highest BCUT2D eigenvalue weighted by atomic mass is 14.9. The van der Waals surface area contributed by atoms with E-state index in [0.29, 0.717) is 0 Å². The quantitative estimate of drug-likeness (QED) is 0.306. The molecule has 0 aliphatic heterocycles. The summed E-state index contributed by atoms with van der Waals surface area (Å²) < 4.78 is 0. The third-order valence-electron chi connectivity index (χ3n) is 5.51. The largest absolute Gasteiger partial charge is 0.683 e. The van der Waals surface area contributed by atoms with Crippen molar-refractivity contribution >= 4 is 32.9 Å². The van der Waals surface area contributed by atoms with Crippen molar-refractivity contribution < 1.29 is 0 Å². The van der Waals surface area contributed by atoms with Crippen molar-refractivity contribution in [1.29, 1.82) is 0 Å². The Bertz CT molecular complexity index is 1140. The van der Waals surface area contributed by atoms with Gasteiger partial charge in [-0.25, -0.2) is 0 Å². The summed E-state index contributed by atoms with van der Waals surface area (Å²) in [6.07, 6.45) is 0. The van der Waals surface area contributed by atoms with Crippen molar-refractivity contribution in [2.75, 3.05) is 13.1 Å². The van der Waals surface area contributed by atoms with Gasteiger partial charge in [0.1, 0.15) is 0 Å². The van der Waals surface area contributed by atoms with Gasteiger partial charge in [-0.05, 0) is 32.7 Å². The lowest BCUT2D eigenvalue weighted by atomic mass is 9.89. The lowest BCUT2D eigenvalue weighted by Crippen LogP contribution is -2.10. The minimum absolute atomic E-state index is 0.126. The Labute approximate surface area is 193 Å². The van der Waals surface area contributed by atoms with Crippen LogP contribution in [0.15, 0.2) is 72.8 Å². The molecule has 0 atom stereocenters. The molecule has 0 aliphatic rings. The number of hydrogen-bond donors (Lipinski definition) is 0. The predicted octanol–water partition coefficient (Wildman–Crippen LogP) is 9.76. The van der Waals surface area contributed by atoms with Crippen LogP contribution in [0.3, 0.4) is 0 Å². The monoisotopic (exact) mass is 422 g/mol. The number of benzene rings is 4. The van der Waals surface area contributed by atoms with Crippen LogP contribution in [0.25, 0.3) is 43.3 Å². The first kappa shape index (κ1) is 22.2. The van der Waals surface area contributed by atoms with Crippen molar-refractivity contribution in [3.63, 3.8) is 0 Å². The molecule has 0 fully saturated rings. The molecule has 0 heterocycles. The summed E-state index contributed by atoms with van der Waals surface area (Å²) in [4.78, 5) is 0. The van der Waals surface area contributed by atoms with Crippen LogP contribution in [0.4, 0.5) is 11.4 Å². The lowest BCUT2D eigenvalue weighted by Gasteiger charge is -2.37. The standard InChI is InChI=1S/C30H34N2/c1-29(2,3)19-31-25-17-15-21-11-7-9-13-23(21)27(25)28-24-14-10-8-12-22(24)16-18-26(28)32-20-30(4,5)6/h7-18H,19-20H2,1-6H3/q-2. The molecule has 0 aliphatic carbocycles. The van der Waals surface area contributed by atoms with Gasteiger partial charge in [-0.3, -0.25) is 0 Å². The third-order valence-corrected chi connectivity index (χ3v) is 5.51. The van der Waals surface area contributed by atoms with E-state index >= 15 is 0 Å². The summed E-state index contributed by atoms with van der Waals surface area (Å²) >= 11 is 0. The fourth-order valence-corrected chi connectivity index (χ4v) is 3.95. The Morgan fingerprint density at radius 3 is 1.25 bits per heavy atom. The zero-order valence-electron chi connectivity index (χ0n) is 20.2. The first-order valence-corrected chi connectivity index (χ1v) is 11.5. The van der Waals surface area contributed by atoms with Gasteiger partial charge in [-0.15, -0.1) is 24.5 Å². The normalized spacial score (nSPS) is 12.3. The van der Waals surface area contributed by atoms with E-state index < -0.39 is 0 Å². The SMILES string of the molecule is CC(C)(C)C[N-]c1ccc2ccccc2c1-c1c([N-]CC(C)(C)C)ccc2ccccc12. The van der Waals surface area contributed by atoms with Crippen LogP contribution >= 0.6 is 0 Å². The molecule has 0 radical (unpaired) electrons. The molecule has 0 saturated heterocycles. The van der Waals surface area contributed by atoms with Gasteiger partial charge in [-0.1, -0.05) is 125 Å². The molecule has 0 N–H and O–H groups in total. The molecular weight excluding hydrogens is 388 g/mol. The Kier molecular flexibility index (Phi) is 5.90. The smallest absolute Gasteiger partial charge is 0.0118 e. The summed E-state index contributed by atoms with van der Waals surface area (Å²) in [5.74, 6) is 0. The third kappa shape index (κ3) is 4.91. The van der Waals surface area contributed by atoms with E-state index in [2.05, 4.69) is 114 Å². The molecule has 2 nitrogen and oxygen atoms in total. The average Bonchev–Trinajstić information content (AvgIpc) is 2.74. The van der Waals surface area contributed by atoms with Gasteiger partial charge >= 0.3 is 0 Å². The maximum Gasteiger partial charge on any atom is -0.0118 e. The van der Waals surface area contributed by atoms with E-state index in [0.717, 1.165) is 24.5 Å². The van der Waals surface area contributed by atoms with Gasteiger partial charge in [0.15, 0.2) is 0 Å². The van der Waals surface area contributed by atoms with Crippen molar-refractivity contribution in [3.05, 3.63) is 83.4 Å². The molecule has 4 aromatic carbocycles. The van der Waals surface area contributed by atoms with E-state index in [1.165, 1.54) is 32.7 Å². The van der Waals surface area contributed by atoms with Crippen LogP contribution in [0.5, 0.6) is 0 Å². The highest BCUT2D eigenvalue weighted by Crippen LogP contribution is 2.48. The van der Waals surface area contributed by atoms with Crippen LogP contribution < -0.4 is 0 Å². The molecule has 0 amide bonds. The maximum absolute atomic E-state index is 5.12. The van der Waals surface area contributed by atoms with Crippen molar-refractivity contribution in [2.24, 2.45) is 10.8 Å².